The first-order valence-electron chi connectivity index (χ1n) is 11.2. The fourth-order valence-corrected chi connectivity index (χ4v) is 4.91. The van der Waals surface area contributed by atoms with Gasteiger partial charge in [-0.1, -0.05) is 28.1 Å². The number of fused-ring (bicyclic) bond motifs is 1. The summed E-state index contributed by atoms with van der Waals surface area (Å²) in [6, 6.07) is 14.4. The van der Waals surface area contributed by atoms with Crippen LogP contribution in [0.4, 0.5) is 11.4 Å². The minimum atomic E-state index is -1.10. The highest BCUT2D eigenvalue weighted by atomic mass is 79.9. The summed E-state index contributed by atoms with van der Waals surface area (Å²) in [5.74, 6) is -1.13. The SMILES string of the molecule is CCOc1ccc([C@@H]2[C@H](N3C(=O)c4ccc([N+](=O)[O-])cc4C3=O)C(=O)N2c2ccc(Br)c(C)c2)cc1. The van der Waals surface area contributed by atoms with Crippen LogP contribution in [0.3, 0.4) is 0 Å². The third kappa shape index (κ3) is 3.65. The summed E-state index contributed by atoms with van der Waals surface area (Å²) in [6.07, 6.45) is 0. The molecular weight excluding hydrogens is 530 g/mol. The first-order valence-corrected chi connectivity index (χ1v) is 12.0. The summed E-state index contributed by atoms with van der Waals surface area (Å²) in [5.41, 5.74) is 1.93. The molecule has 0 unspecified atom stereocenters. The van der Waals surface area contributed by atoms with Gasteiger partial charge in [-0.25, -0.2) is 0 Å². The number of aryl methyl sites for hydroxylation is 1. The van der Waals surface area contributed by atoms with E-state index in [1.807, 2.05) is 26.0 Å². The summed E-state index contributed by atoms with van der Waals surface area (Å²) in [7, 11) is 0. The van der Waals surface area contributed by atoms with Crippen molar-refractivity contribution in [2.45, 2.75) is 25.9 Å². The van der Waals surface area contributed by atoms with Gasteiger partial charge in [-0.05, 0) is 61.4 Å². The molecule has 1 fully saturated rings. The molecule has 0 radical (unpaired) electrons. The second-order valence-electron chi connectivity index (χ2n) is 8.50. The average Bonchev–Trinajstić information content (AvgIpc) is 3.10. The number of hydrogen-bond acceptors (Lipinski definition) is 6. The van der Waals surface area contributed by atoms with Crippen molar-refractivity contribution in [2.75, 3.05) is 11.5 Å². The van der Waals surface area contributed by atoms with Crippen LogP contribution in [0.15, 0.2) is 65.1 Å². The monoisotopic (exact) mass is 549 g/mol. The van der Waals surface area contributed by atoms with Gasteiger partial charge in [-0.2, -0.15) is 0 Å². The third-order valence-electron chi connectivity index (χ3n) is 6.41. The van der Waals surface area contributed by atoms with Gasteiger partial charge in [0.2, 0.25) is 0 Å². The molecule has 2 atom stereocenters. The van der Waals surface area contributed by atoms with Crippen LogP contribution in [0.25, 0.3) is 0 Å². The number of carbonyl (C=O) groups is 3. The minimum absolute atomic E-state index is 0.0433. The lowest BCUT2D eigenvalue weighted by Gasteiger charge is -2.49. The molecule has 36 heavy (non-hydrogen) atoms. The number of anilines is 1. The number of amides is 3. The maximum Gasteiger partial charge on any atom is 0.270 e. The van der Waals surface area contributed by atoms with E-state index in [4.69, 9.17) is 4.74 Å². The van der Waals surface area contributed by atoms with Crippen molar-refractivity contribution in [1.82, 2.24) is 4.90 Å². The summed E-state index contributed by atoms with van der Waals surface area (Å²) in [4.78, 5) is 53.2. The molecule has 0 aromatic heterocycles. The lowest BCUT2D eigenvalue weighted by molar-refractivity contribution is -0.384. The van der Waals surface area contributed by atoms with E-state index in [2.05, 4.69) is 15.9 Å². The molecule has 5 rings (SSSR count). The molecule has 0 bridgehead atoms. The second-order valence-corrected chi connectivity index (χ2v) is 9.36. The number of hydrogen-bond donors (Lipinski definition) is 0. The number of imide groups is 1. The molecule has 0 saturated carbocycles. The van der Waals surface area contributed by atoms with E-state index in [1.165, 1.54) is 12.1 Å². The Morgan fingerprint density at radius 2 is 1.61 bits per heavy atom. The molecule has 2 aliphatic rings. The topological polar surface area (TPSA) is 110 Å². The van der Waals surface area contributed by atoms with E-state index < -0.39 is 34.7 Å². The maximum absolute atomic E-state index is 13.6. The maximum atomic E-state index is 13.6. The number of carbonyl (C=O) groups excluding carboxylic acids is 3. The van der Waals surface area contributed by atoms with Crippen molar-refractivity contribution < 1.29 is 24.0 Å². The zero-order chi connectivity index (χ0) is 25.7. The Labute approximate surface area is 214 Å². The quantitative estimate of drug-likeness (QED) is 0.189. The number of nitro benzene ring substituents is 1. The highest BCUT2D eigenvalue weighted by Gasteiger charge is 2.57. The van der Waals surface area contributed by atoms with Crippen LogP contribution in [0.5, 0.6) is 5.75 Å². The predicted molar refractivity (Wildman–Crippen MR) is 134 cm³/mol. The van der Waals surface area contributed by atoms with Crippen molar-refractivity contribution in [1.29, 1.82) is 0 Å². The van der Waals surface area contributed by atoms with Gasteiger partial charge in [0.1, 0.15) is 11.8 Å². The number of rotatable bonds is 6. The molecule has 0 spiro atoms. The molecule has 2 heterocycles. The fraction of sp³-hybridized carbons (Fsp3) is 0.192. The summed E-state index contributed by atoms with van der Waals surface area (Å²) in [5, 5.41) is 11.2. The number of nitro groups is 1. The zero-order valence-corrected chi connectivity index (χ0v) is 20.9. The minimum Gasteiger partial charge on any atom is -0.494 e. The Morgan fingerprint density at radius 1 is 0.917 bits per heavy atom. The first-order chi connectivity index (χ1) is 17.2. The van der Waals surface area contributed by atoms with E-state index in [0.717, 1.165) is 21.0 Å². The molecule has 3 amide bonds. The van der Waals surface area contributed by atoms with Gasteiger partial charge in [-0.15, -0.1) is 0 Å². The third-order valence-corrected chi connectivity index (χ3v) is 7.30. The Balaban J connectivity index is 1.57. The normalized spacial score (nSPS) is 18.8. The van der Waals surface area contributed by atoms with Crippen LogP contribution < -0.4 is 9.64 Å². The van der Waals surface area contributed by atoms with E-state index in [9.17, 15) is 24.5 Å². The highest BCUT2D eigenvalue weighted by molar-refractivity contribution is 9.10. The van der Waals surface area contributed by atoms with Crippen molar-refractivity contribution in [3.63, 3.8) is 0 Å². The van der Waals surface area contributed by atoms with Crippen LogP contribution in [0, 0.1) is 17.0 Å². The Kier molecular flexibility index (Phi) is 5.83. The van der Waals surface area contributed by atoms with Gasteiger partial charge >= 0.3 is 0 Å². The zero-order valence-electron chi connectivity index (χ0n) is 19.3. The summed E-state index contributed by atoms with van der Waals surface area (Å²) in [6.45, 7) is 4.27. The largest absolute Gasteiger partial charge is 0.494 e. The molecule has 9 nitrogen and oxygen atoms in total. The van der Waals surface area contributed by atoms with Crippen LogP contribution in [-0.2, 0) is 4.79 Å². The van der Waals surface area contributed by atoms with Gasteiger partial charge in [0.25, 0.3) is 23.4 Å². The van der Waals surface area contributed by atoms with E-state index in [-0.39, 0.29) is 16.8 Å². The number of halogens is 1. The lowest BCUT2D eigenvalue weighted by atomic mass is 9.86. The van der Waals surface area contributed by atoms with Crippen molar-refractivity contribution in [3.8, 4) is 5.75 Å². The highest BCUT2D eigenvalue weighted by Crippen LogP contribution is 2.45. The van der Waals surface area contributed by atoms with Crippen LogP contribution >= 0.6 is 15.9 Å². The number of β-lactam (4-membered cyclic amide) rings is 1. The summed E-state index contributed by atoms with van der Waals surface area (Å²) < 4.78 is 6.41. The molecule has 0 N–H and O–H groups in total. The number of benzene rings is 3. The summed E-state index contributed by atoms with van der Waals surface area (Å²) >= 11 is 3.47. The number of non-ortho nitro benzene ring substituents is 1. The molecule has 3 aromatic carbocycles. The molecule has 182 valence electrons. The molecule has 0 aliphatic carbocycles. The Morgan fingerprint density at radius 3 is 2.25 bits per heavy atom. The van der Waals surface area contributed by atoms with E-state index in [0.29, 0.717) is 23.6 Å². The van der Waals surface area contributed by atoms with Crippen LogP contribution in [0.1, 0.15) is 44.8 Å². The van der Waals surface area contributed by atoms with Gasteiger partial charge in [0.15, 0.2) is 0 Å². The number of nitrogens with zero attached hydrogens (tertiary/aromatic N) is 3. The Hall–Kier alpha value is -4.05. The average molecular weight is 550 g/mol. The fourth-order valence-electron chi connectivity index (χ4n) is 4.66. The van der Waals surface area contributed by atoms with Gasteiger partial charge < -0.3 is 9.64 Å². The van der Waals surface area contributed by atoms with E-state index in [1.54, 1.807) is 35.2 Å². The molecule has 2 aliphatic heterocycles. The predicted octanol–water partition coefficient (Wildman–Crippen LogP) is 4.82. The lowest BCUT2D eigenvalue weighted by Crippen LogP contribution is -2.67. The van der Waals surface area contributed by atoms with E-state index >= 15 is 0 Å². The smallest absolute Gasteiger partial charge is 0.270 e. The molecule has 3 aromatic rings. The second kappa shape index (κ2) is 8.87. The van der Waals surface area contributed by atoms with Crippen LogP contribution in [0.2, 0.25) is 0 Å². The molecule has 10 heteroatoms. The van der Waals surface area contributed by atoms with Crippen LogP contribution in [-0.4, -0.2) is 40.2 Å². The van der Waals surface area contributed by atoms with Gasteiger partial charge in [0.05, 0.1) is 28.7 Å². The van der Waals surface area contributed by atoms with Gasteiger partial charge in [0, 0.05) is 22.3 Å². The standard InChI is InChI=1S/C26H20BrN3O6/c1-3-36-18-8-4-15(5-9-18)22-23(26(33)28(22)16-7-11-21(27)14(2)12-16)29-24(31)19-10-6-17(30(34)35)13-20(19)25(29)32/h4-13,22-23H,3H2,1-2H3/t22-,23+/m1/s1. The van der Waals surface area contributed by atoms with Crippen molar-refractivity contribution in [3.05, 3.63) is 97.5 Å². The molecule has 1 saturated heterocycles. The first kappa shape index (κ1) is 23.7. The van der Waals surface area contributed by atoms with Crippen molar-refractivity contribution in [2.24, 2.45) is 0 Å². The molecular formula is C26H20BrN3O6. The Bertz CT molecular complexity index is 1440. The van der Waals surface area contributed by atoms with Gasteiger partial charge in [-0.3, -0.25) is 29.4 Å². The number of ether oxygens (including phenoxy) is 1. The van der Waals surface area contributed by atoms with Crippen molar-refractivity contribution >= 4 is 45.0 Å².